The van der Waals surface area contributed by atoms with Gasteiger partial charge in [0.2, 0.25) is 0 Å². The number of hydrogen-bond acceptors (Lipinski definition) is 7. The van der Waals surface area contributed by atoms with Crippen molar-refractivity contribution >= 4 is 5.97 Å². The van der Waals surface area contributed by atoms with Crippen LogP contribution in [0.5, 0.6) is 0 Å². The molecule has 0 amide bonds. The molecule has 0 saturated carbocycles. The average molecular weight is 311 g/mol. The van der Waals surface area contributed by atoms with Crippen molar-refractivity contribution in [1.82, 2.24) is 25.4 Å². The van der Waals surface area contributed by atoms with E-state index in [9.17, 15) is 4.79 Å². The summed E-state index contributed by atoms with van der Waals surface area (Å²) in [5, 5.41) is 22.2. The first-order valence-corrected chi connectivity index (χ1v) is 5.29. The Balaban J connectivity index is 0.000000387. The van der Waals surface area contributed by atoms with Gasteiger partial charge in [-0.25, -0.2) is 18.5 Å². The molecule has 9 heteroatoms. The molecule has 2 heterocycles. The van der Waals surface area contributed by atoms with E-state index in [1.54, 1.807) is 19.1 Å². The minimum atomic E-state index is -1.01. The number of pyridine rings is 1. The molecule has 3 N–H and O–H groups in total. The van der Waals surface area contributed by atoms with Crippen molar-refractivity contribution in [1.29, 1.82) is 0 Å². The maximum absolute atomic E-state index is 10.3. The molecule has 0 saturated heterocycles. The van der Waals surface area contributed by atoms with E-state index in [4.69, 9.17) is 10.8 Å². The zero-order chi connectivity index (χ0) is 14.1. The van der Waals surface area contributed by atoms with Gasteiger partial charge in [-0.15, -0.1) is 0 Å². The minimum Gasteiger partial charge on any atom is -0.480 e. The fourth-order valence-electron chi connectivity index (χ4n) is 1.01. The van der Waals surface area contributed by atoms with E-state index in [0.717, 1.165) is 0 Å². The second-order valence-electron chi connectivity index (χ2n) is 3.45. The minimum absolute atomic E-state index is 0. The van der Waals surface area contributed by atoms with E-state index in [-0.39, 0.29) is 25.0 Å². The van der Waals surface area contributed by atoms with E-state index in [0.29, 0.717) is 11.5 Å². The quantitative estimate of drug-likeness (QED) is 0.706. The van der Waals surface area contributed by atoms with Crippen LogP contribution in [-0.4, -0.2) is 42.5 Å². The van der Waals surface area contributed by atoms with Gasteiger partial charge in [-0.3, -0.25) is 4.79 Å². The Hall–Kier alpha value is -1.90. The number of carboxylic acids is 1. The first-order valence-electron chi connectivity index (χ1n) is 5.29. The van der Waals surface area contributed by atoms with Gasteiger partial charge >= 0.3 is 24.5 Å². The van der Waals surface area contributed by atoms with E-state index < -0.39 is 12.0 Å². The number of carbonyl (C=O) groups is 1. The second-order valence-corrected chi connectivity index (χ2v) is 3.45. The van der Waals surface area contributed by atoms with Crippen molar-refractivity contribution in [2.45, 2.75) is 19.4 Å². The molecule has 1 radical (unpaired) electrons. The molecule has 0 aromatic carbocycles. The van der Waals surface area contributed by atoms with Crippen LogP contribution >= 0.6 is 0 Å². The van der Waals surface area contributed by atoms with Crippen LogP contribution in [0.1, 0.15) is 11.5 Å². The molecule has 0 bridgehead atoms. The monoisotopic (exact) mass is 311 g/mol. The molecular formula is C11H12N6O2V. The second kappa shape index (κ2) is 9.96. The summed E-state index contributed by atoms with van der Waals surface area (Å²) in [7, 11) is 0. The average Bonchev–Trinajstić information content (AvgIpc) is 2.41. The predicted octanol–water partition coefficient (Wildman–Crippen LogP) is -0.791. The van der Waals surface area contributed by atoms with Crippen LogP contribution in [-0.2, 0) is 29.8 Å². The van der Waals surface area contributed by atoms with Gasteiger partial charge in [0.15, 0.2) is 5.82 Å². The molecule has 2 aromatic rings. The van der Waals surface area contributed by atoms with Gasteiger partial charge in [0.05, 0.1) is 0 Å². The predicted molar refractivity (Wildman–Crippen MR) is 63.6 cm³/mol. The largest absolute Gasteiger partial charge is 2.00 e. The van der Waals surface area contributed by atoms with Crippen LogP contribution in [0, 0.1) is 19.3 Å². The maximum atomic E-state index is 10.3. The topological polar surface area (TPSA) is 128 Å². The molecule has 103 valence electrons. The van der Waals surface area contributed by atoms with Crippen molar-refractivity contribution in [3.8, 4) is 0 Å². The summed E-state index contributed by atoms with van der Waals surface area (Å²) >= 11 is 0. The number of hydrogen-bond donors (Lipinski definition) is 2. The summed E-state index contributed by atoms with van der Waals surface area (Å²) in [6, 6.07) is 5.24. The maximum Gasteiger partial charge on any atom is 2.00 e. The Labute approximate surface area is 127 Å². The Morgan fingerprint density at radius 3 is 2.50 bits per heavy atom. The summed E-state index contributed by atoms with van der Waals surface area (Å²) in [6.07, 6.45) is 3.95. The van der Waals surface area contributed by atoms with Gasteiger partial charge in [-0.2, -0.15) is 16.3 Å². The number of carboxylic acid groups (broad SMARTS) is 1. The van der Waals surface area contributed by atoms with Crippen LogP contribution in [0.25, 0.3) is 0 Å². The third-order valence-corrected chi connectivity index (χ3v) is 1.90. The molecule has 0 unspecified atom stereocenters. The molecular weight excluding hydrogens is 299 g/mol. The van der Waals surface area contributed by atoms with Crippen LogP contribution in [0.2, 0.25) is 0 Å². The Morgan fingerprint density at radius 1 is 1.45 bits per heavy atom. The van der Waals surface area contributed by atoms with E-state index in [1.807, 2.05) is 0 Å². The fourth-order valence-corrected chi connectivity index (χ4v) is 1.01. The molecule has 1 atom stereocenters. The van der Waals surface area contributed by atoms with Gasteiger partial charge in [-0.1, -0.05) is 6.20 Å². The molecule has 0 fully saturated rings. The Bertz CT molecular complexity index is 499. The number of aromatic nitrogens is 5. The summed E-state index contributed by atoms with van der Waals surface area (Å²) in [5.41, 5.74) is 5.97. The number of nitrogens with two attached hydrogens (primary N) is 1. The first-order chi connectivity index (χ1) is 9.09. The molecule has 2 aromatic heterocycles. The molecule has 20 heavy (non-hydrogen) atoms. The number of nitrogens with zero attached hydrogens (tertiary/aromatic N) is 5. The SMILES string of the molecule is Cc1nn[c-]nn1.N[C@@H](Cc1cc[c-]cn1)C(=O)O.[V+2]. The smallest absolute Gasteiger partial charge is 0.480 e. The van der Waals surface area contributed by atoms with E-state index in [1.165, 1.54) is 6.20 Å². The van der Waals surface area contributed by atoms with Gasteiger partial charge in [0.25, 0.3) is 0 Å². The number of aliphatic carboxylic acids is 1. The van der Waals surface area contributed by atoms with Crippen molar-refractivity contribution < 1.29 is 28.5 Å². The summed E-state index contributed by atoms with van der Waals surface area (Å²) in [5.74, 6) is -0.441. The number of rotatable bonds is 3. The normalized spacial score (nSPS) is 10.5. The standard InChI is InChI=1S/C8H9N2O2.C3H3N4.V/c9-7(8(11)12)5-6-3-1-2-4-10-6;1-3-6-4-2-5-7-3;/h1,3-4,7H,5,9H2,(H,11,12);1H3;/q2*-1;+2/t7-;;/m0../s1. The fraction of sp³-hybridized carbons (Fsp3) is 0.273. The van der Waals surface area contributed by atoms with Crippen molar-refractivity contribution in [3.63, 3.8) is 0 Å². The van der Waals surface area contributed by atoms with Gasteiger partial charge < -0.3 is 26.0 Å². The first kappa shape index (κ1) is 18.1. The van der Waals surface area contributed by atoms with Gasteiger partial charge in [-0.05, 0) is 19.0 Å². The Morgan fingerprint density at radius 2 is 2.10 bits per heavy atom. The molecule has 2 rings (SSSR count). The van der Waals surface area contributed by atoms with E-state index >= 15 is 0 Å². The summed E-state index contributed by atoms with van der Waals surface area (Å²) in [6.45, 7) is 1.72. The molecule has 0 aliphatic rings. The third-order valence-electron chi connectivity index (χ3n) is 1.90. The van der Waals surface area contributed by atoms with Crippen LogP contribution < -0.4 is 5.73 Å². The summed E-state index contributed by atoms with van der Waals surface area (Å²) < 4.78 is 0. The molecule has 0 spiro atoms. The zero-order valence-corrected chi connectivity index (χ0v) is 12.0. The van der Waals surface area contributed by atoms with Gasteiger partial charge in [0, 0.05) is 0 Å². The third kappa shape index (κ3) is 7.52. The van der Waals surface area contributed by atoms with Gasteiger partial charge in [0.1, 0.15) is 6.04 Å². The molecule has 0 aliphatic carbocycles. The molecule has 8 nitrogen and oxygen atoms in total. The van der Waals surface area contributed by atoms with Crippen molar-refractivity contribution in [2.24, 2.45) is 5.73 Å². The van der Waals surface area contributed by atoms with E-state index in [2.05, 4.69) is 37.8 Å². The molecule has 0 aliphatic heterocycles. The number of aryl methyl sites for hydroxylation is 1. The van der Waals surface area contributed by atoms with Crippen LogP contribution in [0.4, 0.5) is 0 Å². The van der Waals surface area contributed by atoms with Crippen LogP contribution in [0.15, 0.2) is 18.3 Å². The zero-order valence-electron chi connectivity index (χ0n) is 10.6. The van der Waals surface area contributed by atoms with Crippen LogP contribution in [0.3, 0.4) is 0 Å². The Kier molecular flexibility index (Phi) is 9.02. The summed E-state index contributed by atoms with van der Waals surface area (Å²) in [4.78, 5) is 14.2. The van der Waals surface area contributed by atoms with Crippen molar-refractivity contribution in [2.75, 3.05) is 0 Å². The van der Waals surface area contributed by atoms with Crippen molar-refractivity contribution in [3.05, 3.63) is 42.2 Å².